The predicted octanol–water partition coefficient (Wildman–Crippen LogP) is -7.92. The Labute approximate surface area is 127 Å². The highest BCUT2D eigenvalue weighted by Crippen LogP contribution is 2.00. The zero-order chi connectivity index (χ0) is 15.4. The summed E-state index contributed by atoms with van der Waals surface area (Å²) in [4.78, 5) is 0. The van der Waals surface area contributed by atoms with Gasteiger partial charge in [-0.25, -0.2) is 0 Å². The maximum atomic E-state index is 9.50. The first-order valence-electron chi connectivity index (χ1n) is 5.58. The van der Waals surface area contributed by atoms with Crippen LogP contribution in [-0.2, 0) is 0 Å². The van der Waals surface area contributed by atoms with E-state index in [1.54, 1.807) is 0 Å². The Bertz CT molecular complexity index is 719. The molecule has 2 nitrogen and oxygen atoms in total. The van der Waals surface area contributed by atoms with Crippen molar-refractivity contribution in [3.05, 3.63) is 0 Å². The minimum Gasteiger partial charge on any atom is -0.423 e. The van der Waals surface area contributed by atoms with E-state index in [2.05, 4.69) is 0 Å². The lowest BCUT2D eigenvalue weighted by molar-refractivity contribution is 0.426. The summed E-state index contributed by atoms with van der Waals surface area (Å²) in [6.45, 7) is 0. The molecule has 10 heteroatoms. The van der Waals surface area contributed by atoms with E-state index < -0.39 is 7.12 Å². The molecule has 14 radical (unpaired) electrons. The van der Waals surface area contributed by atoms with E-state index in [-0.39, 0.29) is 54.5 Å². The second-order valence-corrected chi connectivity index (χ2v) is 4.43. The molecular weight excluding hydrogens is 239 g/mol. The average Bonchev–Trinajstić information content (AvgIpc) is 2.39. The van der Waals surface area contributed by atoms with Crippen LogP contribution in [0, 0.1) is 0 Å². The Morgan fingerprint density at radius 3 is 1.25 bits per heavy atom. The molecule has 0 unspecified atom stereocenters. The standard InChI is InChI=1S/C10H2B8O2/c11-3-1-2(5(13)7(15)6(3)14)10(18(19)20)9(17)8(16)4(1)12/h19-20H. The van der Waals surface area contributed by atoms with Crippen LogP contribution in [0.15, 0.2) is 0 Å². The Kier molecular flexibility index (Phi) is 4.00. The quantitative estimate of drug-likeness (QED) is 0.486. The largest absolute Gasteiger partial charge is 0.488 e. The van der Waals surface area contributed by atoms with Crippen LogP contribution in [0.1, 0.15) is 0 Å². The number of hydrogen-bond donors (Lipinski definition) is 2. The molecule has 0 heterocycles. The van der Waals surface area contributed by atoms with Gasteiger partial charge in [0.05, 0.1) is 0 Å². The summed E-state index contributed by atoms with van der Waals surface area (Å²) < 4.78 is 0. The summed E-state index contributed by atoms with van der Waals surface area (Å²) in [6.07, 6.45) is 0. The highest BCUT2D eigenvalue weighted by atomic mass is 16.4. The van der Waals surface area contributed by atoms with Crippen molar-refractivity contribution in [3.8, 4) is 0 Å². The zero-order valence-corrected chi connectivity index (χ0v) is 10.5. The van der Waals surface area contributed by atoms with E-state index >= 15 is 0 Å². The van der Waals surface area contributed by atoms with Gasteiger partial charge in [0, 0.05) is 0 Å². The number of benzene rings is 2. The van der Waals surface area contributed by atoms with Crippen LogP contribution in [0.3, 0.4) is 0 Å². The van der Waals surface area contributed by atoms with Gasteiger partial charge in [0.15, 0.2) is 0 Å². The second kappa shape index (κ2) is 5.16. The maximum absolute atomic E-state index is 9.50. The lowest BCUT2D eigenvalue weighted by Crippen LogP contribution is -2.59. The third-order valence-corrected chi connectivity index (χ3v) is 3.33. The number of hydrogen-bond acceptors (Lipinski definition) is 2. The third-order valence-electron chi connectivity index (χ3n) is 3.33. The SMILES string of the molecule is [B]c1c([B])c([B])c2c(B(O)O)c([B])c([B])c([B])c2c1[B]. The third kappa shape index (κ3) is 2.01. The zero-order valence-electron chi connectivity index (χ0n) is 10.5. The molecule has 2 rings (SSSR count). The molecule has 0 aliphatic heterocycles. The average molecular weight is 241 g/mol. The molecule has 0 amide bonds. The van der Waals surface area contributed by atoms with Gasteiger partial charge in [-0.05, 0) is 16.2 Å². The first kappa shape index (κ1) is 15.5. The molecular formula is C10H2B8O2. The van der Waals surface area contributed by atoms with Crippen molar-refractivity contribution in [1.29, 1.82) is 0 Å². The molecule has 20 heavy (non-hydrogen) atoms. The van der Waals surface area contributed by atoms with Crippen LogP contribution in [0.5, 0.6) is 0 Å². The van der Waals surface area contributed by atoms with Crippen LogP contribution in [0.4, 0.5) is 0 Å². The first-order chi connectivity index (χ1) is 9.20. The van der Waals surface area contributed by atoms with Crippen LogP contribution in [-0.4, -0.2) is 72.1 Å². The summed E-state index contributed by atoms with van der Waals surface area (Å²) in [5, 5.41) is 19.3. The molecule has 0 saturated carbocycles. The first-order valence-corrected chi connectivity index (χ1v) is 5.58. The summed E-state index contributed by atoms with van der Waals surface area (Å²) in [5.41, 5.74) is -0.0627. The summed E-state index contributed by atoms with van der Waals surface area (Å²) >= 11 is 0. The Balaban J connectivity index is 3.22. The van der Waals surface area contributed by atoms with Gasteiger partial charge in [-0.2, -0.15) is 0 Å². The van der Waals surface area contributed by atoms with Gasteiger partial charge in [-0.15, -0.1) is 21.9 Å². The summed E-state index contributed by atoms with van der Waals surface area (Å²) in [7, 11) is 38.7. The Morgan fingerprint density at radius 1 is 0.500 bits per heavy atom. The van der Waals surface area contributed by atoms with Gasteiger partial charge in [-0.1, -0.05) is 16.4 Å². The topological polar surface area (TPSA) is 40.5 Å². The molecule has 0 bridgehead atoms. The molecule has 78 valence electrons. The summed E-state index contributed by atoms with van der Waals surface area (Å²) in [6, 6.07) is 0. The molecule has 0 spiro atoms. The van der Waals surface area contributed by atoms with Crippen LogP contribution in [0.2, 0.25) is 0 Å². The fourth-order valence-corrected chi connectivity index (χ4v) is 2.22. The highest BCUT2D eigenvalue weighted by molar-refractivity contribution is 6.78. The van der Waals surface area contributed by atoms with E-state index in [9.17, 15) is 10.0 Å². The van der Waals surface area contributed by atoms with Crippen LogP contribution in [0.25, 0.3) is 10.8 Å². The molecule has 0 saturated heterocycles. The summed E-state index contributed by atoms with van der Waals surface area (Å²) in [5.74, 6) is 0. The van der Waals surface area contributed by atoms with Crippen LogP contribution < -0.4 is 43.7 Å². The highest BCUT2D eigenvalue weighted by Gasteiger charge is 2.23. The van der Waals surface area contributed by atoms with Crippen molar-refractivity contribution in [1.82, 2.24) is 0 Å². The molecule has 0 aromatic heterocycles. The van der Waals surface area contributed by atoms with E-state index in [1.807, 2.05) is 0 Å². The number of rotatable bonds is 1. The molecule has 0 aliphatic carbocycles. The van der Waals surface area contributed by atoms with Gasteiger partial charge in [0.1, 0.15) is 54.9 Å². The van der Waals surface area contributed by atoms with Crippen molar-refractivity contribution >= 4 is 117 Å². The number of fused-ring (bicyclic) bond motifs is 1. The second-order valence-electron chi connectivity index (χ2n) is 4.43. The molecule has 2 N–H and O–H groups in total. The minimum absolute atomic E-state index is 0.00759. The van der Waals surface area contributed by atoms with Gasteiger partial charge in [0.2, 0.25) is 0 Å². The Morgan fingerprint density at radius 2 is 0.850 bits per heavy atom. The monoisotopic (exact) mass is 242 g/mol. The fourth-order valence-electron chi connectivity index (χ4n) is 2.22. The molecule has 0 atom stereocenters. The van der Waals surface area contributed by atoms with Gasteiger partial charge in [0.25, 0.3) is 0 Å². The van der Waals surface area contributed by atoms with Crippen molar-refractivity contribution in [3.63, 3.8) is 0 Å². The lowest BCUT2D eigenvalue weighted by Gasteiger charge is -2.24. The van der Waals surface area contributed by atoms with E-state index in [0.29, 0.717) is 0 Å². The Hall–Kier alpha value is -0.861. The minimum atomic E-state index is -1.93. The molecule has 0 fully saturated rings. The maximum Gasteiger partial charge on any atom is 0.488 e. The van der Waals surface area contributed by atoms with E-state index in [1.165, 1.54) is 0 Å². The van der Waals surface area contributed by atoms with Crippen LogP contribution >= 0.6 is 0 Å². The van der Waals surface area contributed by atoms with Crippen molar-refractivity contribution in [2.75, 3.05) is 0 Å². The predicted molar refractivity (Wildman–Crippen MR) is 91.5 cm³/mol. The van der Waals surface area contributed by atoms with Crippen molar-refractivity contribution in [2.24, 2.45) is 0 Å². The van der Waals surface area contributed by atoms with E-state index in [0.717, 1.165) is 0 Å². The lowest BCUT2D eigenvalue weighted by atomic mass is 9.55. The van der Waals surface area contributed by atoms with Gasteiger partial charge < -0.3 is 10.0 Å². The van der Waals surface area contributed by atoms with Crippen molar-refractivity contribution < 1.29 is 10.0 Å². The van der Waals surface area contributed by atoms with E-state index in [4.69, 9.17) is 54.9 Å². The fraction of sp³-hybridized carbons (Fsp3) is 0. The molecule has 2 aromatic carbocycles. The van der Waals surface area contributed by atoms with Gasteiger partial charge >= 0.3 is 7.12 Å². The normalized spacial score (nSPS) is 10.9. The molecule has 2 aromatic rings. The van der Waals surface area contributed by atoms with Gasteiger partial charge in [-0.3, -0.25) is 0 Å². The smallest absolute Gasteiger partial charge is 0.423 e. The molecule has 0 aliphatic rings. The van der Waals surface area contributed by atoms with Crippen molar-refractivity contribution in [2.45, 2.75) is 0 Å².